The van der Waals surface area contributed by atoms with Crippen molar-refractivity contribution in [3.05, 3.63) is 30.6 Å². The lowest BCUT2D eigenvalue weighted by molar-refractivity contribution is 0.0115. The van der Waals surface area contributed by atoms with E-state index in [4.69, 9.17) is 4.74 Å². The lowest BCUT2D eigenvalue weighted by Crippen LogP contribution is -2.33. The topological polar surface area (TPSA) is 39.1 Å². The number of hydrogen-bond acceptors (Lipinski definition) is 3. The molecule has 0 fully saturated rings. The number of para-hydroxylation sites is 2. The highest BCUT2D eigenvalue weighted by Gasteiger charge is 2.19. The Morgan fingerprint density at radius 1 is 1.35 bits per heavy atom. The van der Waals surface area contributed by atoms with Crippen LogP contribution in [-0.2, 0) is 11.3 Å². The third-order valence-electron chi connectivity index (χ3n) is 4.00. The Labute approximate surface area is 121 Å². The van der Waals surface area contributed by atoms with Gasteiger partial charge in [0.15, 0.2) is 0 Å². The summed E-state index contributed by atoms with van der Waals surface area (Å²) in [5.41, 5.74) is 2.19. The zero-order valence-electron chi connectivity index (χ0n) is 12.9. The molecule has 0 spiro atoms. The second kappa shape index (κ2) is 6.37. The van der Waals surface area contributed by atoms with Crippen LogP contribution < -0.4 is 5.32 Å². The van der Waals surface area contributed by atoms with Gasteiger partial charge in [0, 0.05) is 19.7 Å². The van der Waals surface area contributed by atoms with Gasteiger partial charge in [-0.2, -0.15) is 0 Å². The van der Waals surface area contributed by atoms with Gasteiger partial charge < -0.3 is 14.6 Å². The predicted molar refractivity (Wildman–Crippen MR) is 82.9 cm³/mol. The Hall–Kier alpha value is -1.39. The summed E-state index contributed by atoms with van der Waals surface area (Å²) >= 11 is 0. The first-order chi connectivity index (χ1) is 9.55. The van der Waals surface area contributed by atoms with Crippen LogP contribution in [-0.4, -0.2) is 35.4 Å². The molecule has 1 aromatic carbocycles. The summed E-state index contributed by atoms with van der Waals surface area (Å²) in [7, 11) is 3.79. The second-order valence-corrected chi connectivity index (χ2v) is 5.87. The number of fused-ring (bicyclic) bond motifs is 1. The van der Waals surface area contributed by atoms with E-state index < -0.39 is 0 Å². The fourth-order valence-corrected chi connectivity index (χ4v) is 2.34. The minimum atomic E-state index is -0.0634. The molecule has 110 valence electrons. The Kier molecular flexibility index (Phi) is 4.78. The normalized spacial score (nSPS) is 13.8. The van der Waals surface area contributed by atoms with Crippen LogP contribution in [0.15, 0.2) is 30.6 Å². The molecule has 0 aliphatic carbocycles. The van der Waals surface area contributed by atoms with E-state index in [0.29, 0.717) is 6.04 Å². The van der Waals surface area contributed by atoms with E-state index in [0.717, 1.165) is 24.9 Å². The zero-order valence-corrected chi connectivity index (χ0v) is 12.9. The summed E-state index contributed by atoms with van der Waals surface area (Å²) in [5, 5.41) is 3.40. The molecule has 0 radical (unpaired) electrons. The number of rotatable bonds is 7. The molecule has 0 bridgehead atoms. The minimum Gasteiger partial charge on any atom is -0.379 e. The van der Waals surface area contributed by atoms with E-state index in [1.165, 1.54) is 5.52 Å². The molecule has 0 aliphatic rings. The molecule has 4 nitrogen and oxygen atoms in total. The largest absolute Gasteiger partial charge is 0.379 e. The molecule has 20 heavy (non-hydrogen) atoms. The molecular formula is C16H25N3O. The van der Waals surface area contributed by atoms with E-state index >= 15 is 0 Å². The third-order valence-corrected chi connectivity index (χ3v) is 4.00. The number of nitrogens with one attached hydrogen (secondary N) is 1. The first-order valence-electron chi connectivity index (χ1n) is 7.18. The van der Waals surface area contributed by atoms with Crippen LogP contribution in [0, 0.1) is 0 Å². The van der Waals surface area contributed by atoms with Gasteiger partial charge in [-0.15, -0.1) is 0 Å². The van der Waals surface area contributed by atoms with Crippen LogP contribution >= 0.6 is 0 Å². The molecule has 0 aliphatic heterocycles. The molecule has 4 heteroatoms. The van der Waals surface area contributed by atoms with Crippen molar-refractivity contribution in [1.29, 1.82) is 0 Å². The van der Waals surface area contributed by atoms with Crippen molar-refractivity contribution in [3.63, 3.8) is 0 Å². The van der Waals surface area contributed by atoms with Crippen molar-refractivity contribution in [2.75, 3.05) is 14.2 Å². The lowest BCUT2D eigenvalue weighted by atomic mass is 9.99. The van der Waals surface area contributed by atoms with Gasteiger partial charge in [0.05, 0.1) is 23.0 Å². The van der Waals surface area contributed by atoms with Crippen LogP contribution in [0.1, 0.15) is 26.7 Å². The van der Waals surface area contributed by atoms with Gasteiger partial charge in [-0.3, -0.25) is 0 Å². The third kappa shape index (κ3) is 3.58. The smallest absolute Gasteiger partial charge is 0.0958 e. The maximum atomic E-state index is 5.49. The van der Waals surface area contributed by atoms with Crippen molar-refractivity contribution >= 4 is 11.0 Å². The van der Waals surface area contributed by atoms with Crippen molar-refractivity contribution < 1.29 is 4.74 Å². The first-order valence-corrected chi connectivity index (χ1v) is 7.18. The number of aromatic nitrogens is 2. The SMILES string of the molecule is CNC(CCC(C)(C)OC)Cn1cnc2ccccc21. The van der Waals surface area contributed by atoms with Crippen LogP contribution in [0.4, 0.5) is 0 Å². The van der Waals surface area contributed by atoms with E-state index in [9.17, 15) is 0 Å². The molecule has 1 atom stereocenters. The summed E-state index contributed by atoms with van der Waals surface area (Å²) in [5.74, 6) is 0. The van der Waals surface area contributed by atoms with Crippen molar-refractivity contribution in [3.8, 4) is 0 Å². The van der Waals surface area contributed by atoms with Gasteiger partial charge in [0.2, 0.25) is 0 Å². The lowest BCUT2D eigenvalue weighted by Gasteiger charge is -2.26. The number of benzene rings is 1. The van der Waals surface area contributed by atoms with E-state index in [1.807, 2.05) is 25.5 Å². The molecule has 0 saturated heterocycles. The van der Waals surface area contributed by atoms with Crippen LogP contribution in [0.5, 0.6) is 0 Å². The highest BCUT2D eigenvalue weighted by atomic mass is 16.5. The Morgan fingerprint density at radius 3 is 2.80 bits per heavy atom. The van der Waals surface area contributed by atoms with Crippen molar-refractivity contribution in [2.45, 2.75) is 44.9 Å². The zero-order chi connectivity index (χ0) is 14.6. The molecule has 1 N–H and O–H groups in total. The Bertz CT molecular complexity index is 547. The summed E-state index contributed by atoms with van der Waals surface area (Å²) in [6.07, 6.45) is 4.03. The monoisotopic (exact) mass is 275 g/mol. The number of likely N-dealkylation sites (N-methyl/N-ethyl adjacent to an activating group) is 1. The predicted octanol–water partition coefficient (Wildman–Crippen LogP) is 2.83. The average molecular weight is 275 g/mol. The van der Waals surface area contributed by atoms with Gasteiger partial charge in [-0.1, -0.05) is 12.1 Å². The fourth-order valence-electron chi connectivity index (χ4n) is 2.34. The molecule has 2 aromatic rings. The number of ether oxygens (including phenoxy) is 1. The fraction of sp³-hybridized carbons (Fsp3) is 0.562. The van der Waals surface area contributed by atoms with Crippen LogP contribution in [0.3, 0.4) is 0 Å². The summed E-state index contributed by atoms with van der Waals surface area (Å²) in [6.45, 7) is 5.19. The molecule has 1 aromatic heterocycles. The van der Waals surface area contributed by atoms with Crippen LogP contribution in [0.2, 0.25) is 0 Å². The maximum absolute atomic E-state index is 5.49. The Morgan fingerprint density at radius 2 is 2.10 bits per heavy atom. The van der Waals surface area contributed by atoms with E-state index in [-0.39, 0.29) is 5.60 Å². The van der Waals surface area contributed by atoms with Crippen LogP contribution in [0.25, 0.3) is 11.0 Å². The number of imidazole rings is 1. The molecule has 1 unspecified atom stereocenters. The first kappa shape index (κ1) is 15.0. The van der Waals surface area contributed by atoms with E-state index in [1.54, 1.807) is 7.11 Å². The van der Waals surface area contributed by atoms with Crippen molar-refractivity contribution in [1.82, 2.24) is 14.9 Å². The highest BCUT2D eigenvalue weighted by Crippen LogP contribution is 2.18. The minimum absolute atomic E-state index is 0.0634. The molecule has 1 heterocycles. The summed E-state index contributed by atoms with van der Waals surface area (Å²) < 4.78 is 7.71. The number of nitrogens with zero attached hydrogens (tertiary/aromatic N) is 2. The Balaban J connectivity index is 2.03. The molecule has 0 amide bonds. The maximum Gasteiger partial charge on any atom is 0.0958 e. The quantitative estimate of drug-likeness (QED) is 0.844. The summed E-state index contributed by atoms with van der Waals surface area (Å²) in [6, 6.07) is 8.67. The summed E-state index contributed by atoms with van der Waals surface area (Å²) in [4.78, 5) is 4.44. The van der Waals surface area contributed by atoms with Gasteiger partial charge in [0.1, 0.15) is 0 Å². The number of hydrogen-bond donors (Lipinski definition) is 1. The van der Waals surface area contributed by atoms with Gasteiger partial charge >= 0.3 is 0 Å². The van der Waals surface area contributed by atoms with Crippen molar-refractivity contribution in [2.24, 2.45) is 0 Å². The molecule has 0 saturated carbocycles. The second-order valence-electron chi connectivity index (χ2n) is 5.87. The molecular weight excluding hydrogens is 250 g/mol. The standard InChI is InChI=1S/C16H25N3O/c1-16(2,20-4)10-9-13(17-3)11-19-12-18-14-7-5-6-8-15(14)19/h5-8,12-13,17H,9-11H2,1-4H3. The van der Waals surface area contributed by atoms with Gasteiger partial charge in [-0.25, -0.2) is 4.98 Å². The van der Waals surface area contributed by atoms with E-state index in [2.05, 4.69) is 40.8 Å². The number of methoxy groups -OCH3 is 1. The average Bonchev–Trinajstić information content (AvgIpc) is 2.86. The van der Waals surface area contributed by atoms with Gasteiger partial charge in [-0.05, 0) is 45.9 Å². The van der Waals surface area contributed by atoms with Gasteiger partial charge in [0.25, 0.3) is 0 Å². The highest BCUT2D eigenvalue weighted by molar-refractivity contribution is 5.74. The molecule has 2 rings (SSSR count).